The van der Waals surface area contributed by atoms with Gasteiger partial charge in [-0.05, 0) is 26.0 Å². The lowest BCUT2D eigenvalue weighted by Gasteiger charge is -2.23. The van der Waals surface area contributed by atoms with Crippen molar-refractivity contribution in [2.75, 3.05) is 12.4 Å². The van der Waals surface area contributed by atoms with Crippen molar-refractivity contribution in [2.24, 2.45) is 5.73 Å². The van der Waals surface area contributed by atoms with Gasteiger partial charge in [-0.2, -0.15) is 0 Å². The number of nitrogens with zero attached hydrogens (tertiary/aromatic N) is 1. The highest BCUT2D eigenvalue weighted by Gasteiger charge is 2.28. The van der Waals surface area contributed by atoms with Crippen LogP contribution in [-0.4, -0.2) is 29.3 Å². The SMILES string of the molecule is CNC(=O)c1ccc([N+](=O)[O-])c(NC(C)(C)C(N)=O)c1. The highest BCUT2D eigenvalue weighted by Crippen LogP contribution is 2.28. The van der Waals surface area contributed by atoms with E-state index in [4.69, 9.17) is 5.73 Å². The highest BCUT2D eigenvalue weighted by molar-refractivity contribution is 5.96. The third kappa shape index (κ3) is 3.22. The first-order valence-corrected chi connectivity index (χ1v) is 5.77. The summed E-state index contributed by atoms with van der Waals surface area (Å²) in [6, 6.07) is 3.84. The average Bonchev–Trinajstić information content (AvgIpc) is 2.36. The van der Waals surface area contributed by atoms with E-state index in [1.165, 1.54) is 39.1 Å². The maximum atomic E-state index is 11.5. The topological polar surface area (TPSA) is 127 Å². The van der Waals surface area contributed by atoms with E-state index in [-0.39, 0.29) is 22.8 Å². The van der Waals surface area contributed by atoms with E-state index in [0.717, 1.165) is 0 Å². The Kier molecular flexibility index (Phi) is 4.28. The van der Waals surface area contributed by atoms with Crippen molar-refractivity contribution in [2.45, 2.75) is 19.4 Å². The van der Waals surface area contributed by atoms with Gasteiger partial charge < -0.3 is 16.4 Å². The first kappa shape index (κ1) is 15.4. The number of amides is 2. The molecule has 1 rings (SSSR count). The average molecular weight is 280 g/mol. The summed E-state index contributed by atoms with van der Waals surface area (Å²) in [4.78, 5) is 33.2. The molecule has 0 radical (unpaired) electrons. The molecule has 0 aliphatic heterocycles. The van der Waals surface area contributed by atoms with Gasteiger partial charge in [0.25, 0.3) is 11.6 Å². The Hall–Kier alpha value is -2.64. The number of anilines is 1. The fourth-order valence-corrected chi connectivity index (χ4v) is 1.48. The van der Waals surface area contributed by atoms with Crippen LogP contribution in [0, 0.1) is 10.1 Å². The van der Waals surface area contributed by atoms with Crippen molar-refractivity contribution in [3.05, 3.63) is 33.9 Å². The summed E-state index contributed by atoms with van der Waals surface area (Å²) in [7, 11) is 1.45. The molecule has 8 heteroatoms. The third-order valence-electron chi connectivity index (χ3n) is 2.75. The summed E-state index contributed by atoms with van der Waals surface area (Å²) in [5.74, 6) is -1.06. The van der Waals surface area contributed by atoms with E-state index in [1.807, 2.05) is 0 Å². The Morgan fingerprint density at radius 1 is 1.35 bits per heavy atom. The minimum absolute atomic E-state index is 0.0555. The normalized spacial score (nSPS) is 10.8. The number of nitrogens with one attached hydrogen (secondary N) is 2. The maximum absolute atomic E-state index is 11.5. The van der Waals surface area contributed by atoms with Crippen molar-refractivity contribution in [1.82, 2.24) is 5.32 Å². The predicted molar refractivity (Wildman–Crippen MR) is 73.4 cm³/mol. The number of carbonyl (C=O) groups excluding carboxylic acids is 2. The first-order chi connectivity index (χ1) is 9.19. The molecule has 1 aromatic carbocycles. The Labute approximate surface area is 115 Å². The van der Waals surface area contributed by atoms with Gasteiger partial charge in [0.2, 0.25) is 5.91 Å². The first-order valence-electron chi connectivity index (χ1n) is 5.77. The summed E-state index contributed by atoms with van der Waals surface area (Å²) in [5.41, 5.74) is 4.08. The Bertz CT molecular complexity index is 569. The second-order valence-corrected chi connectivity index (χ2v) is 4.68. The Balaban J connectivity index is 3.29. The van der Waals surface area contributed by atoms with Crippen LogP contribution in [0.25, 0.3) is 0 Å². The minimum Gasteiger partial charge on any atom is -0.368 e. The molecule has 8 nitrogen and oxygen atoms in total. The van der Waals surface area contributed by atoms with E-state index >= 15 is 0 Å². The van der Waals surface area contributed by atoms with Gasteiger partial charge in [0, 0.05) is 18.7 Å². The lowest BCUT2D eigenvalue weighted by Crippen LogP contribution is -2.45. The number of carbonyl (C=O) groups is 2. The van der Waals surface area contributed by atoms with E-state index < -0.39 is 16.4 Å². The van der Waals surface area contributed by atoms with Crippen LogP contribution in [0.5, 0.6) is 0 Å². The predicted octanol–water partition coefficient (Wildman–Crippen LogP) is 0.630. The number of rotatable bonds is 5. The van der Waals surface area contributed by atoms with Crippen molar-refractivity contribution in [1.29, 1.82) is 0 Å². The Morgan fingerprint density at radius 2 is 1.95 bits per heavy atom. The number of nitro benzene ring substituents is 1. The molecule has 0 saturated carbocycles. The molecule has 4 N–H and O–H groups in total. The molecule has 2 amide bonds. The van der Waals surface area contributed by atoms with Crippen LogP contribution >= 0.6 is 0 Å². The van der Waals surface area contributed by atoms with Gasteiger partial charge in [-0.3, -0.25) is 19.7 Å². The zero-order chi connectivity index (χ0) is 15.5. The number of primary amides is 1. The molecule has 20 heavy (non-hydrogen) atoms. The smallest absolute Gasteiger partial charge is 0.292 e. The van der Waals surface area contributed by atoms with Crippen molar-refractivity contribution in [3.8, 4) is 0 Å². The second-order valence-electron chi connectivity index (χ2n) is 4.68. The van der Waals surface area contributed by atoms with Crippen molar-refractivity contribution in [3.63, 3.8) is 0 Å². The lowest BCUT2D eigenvalue weighted by atomic mass is 10.0. The van der Waals surface area contributed by atoms with E-state index in [1.54, 1.807) is 0 Å². The van der Waals surface area contributed by atoms with Crippen LogP contribution in [0.15, 0.2) is 18.2 Å². The zero-order valence-electron chi connectivity index (χ0n) is 11.4. The van der Waals surface area contributed by atoms with Gasteiger partial charge in [0.1, 0.15) is 11.2 Å². The molecule has 0 saturated heterocycles. The molecular formula is C12H16N4O4. The largest absolute Gasteiger partial charge is 0.368 e. The number of nitrogens with two attached hydrogens (primary N) is 1. The quantitative estimate of drug-likeness (QED) is 0.538. The summed E-state index contributed by atoms with van der Waals surface area (Å²) in [5, 5.41) is 16.1. The van der Waals surface area contributed by atoms with Crippen LogP contribution in [-0.2, 0) is 4.79 Å². The van der Waals surface area contributed by atoms with Gasteiger partial charge in [0.05, 0.1) is 4.92 Å². The lowest BCUT2D eigenvalue weighted by molar-refractivity contribution is -0.384. The molecule has 0 fully saturated rings. The molecule has 0 unspecified atom stereocenters. The van der Waals surface area contributed by atoms with E-state index in [9.17, 15) is 19.7 Å². The molecule has 0 aliphatic carbocycles. The fourth-order valence-electron chi connectivity index (χ4n) is 1.48. The van der Waals surface area contributed by atoms with Crippen LogP contribution in [0.1, 0.15) is 24.2 Å². The van der Waals surface area contributed by atoms with Gasteiger partial charge in [-0.15, -0.1) is 0 Å². The van der Waals surface area contributed by atoms with Crippen LogP contribution < -0.4 is 16.4 Å². The van der Waals surface area contributed by atoms with E-state index in [0.29, 0.717) is 0 Å². The zero-order valence-corrected chi connectivity index (χ0v) is 11.4. The summed E-state index contributed by atoms with van der Waals surface area (Å²) < 4.78 is 0. The van der Waals surface area contributed by atoms with Crippen LogP contribution in [0.4, 0.5) is 11.4 Å². The van der Waals surface area contributed by atoms with Crippen molar-refractivity contribution >= 4 is 23.2 Å². The molecule has 1 aromatic rings. The number of hydrogen-bond donors (Lipinski definition) is 3. The van der Waals surface area contributed by atoms with E-state index in [2.05, 4.69) is 10.6 Å². The molecule has 108 valence electrons. The number of benzene rings is 1. The van der Waals surface area contributed by atoms with Crippen molar-refractivity contribution < 1.29 is 14.5 Å². The number of nitro groups is 1. The molecule has 0 aromatic heterocycles. The molecular weight excluding hydrogens is 264 g/mol. The summed E-state index contributed by atoms with van der Waals surface area (Å²) >= 11 is 0. The molecule has 0 spiro atoms. The summed E-state index contributed by atoms with van der Waals surface area (Å²) in [6.07, 6.45) is 0. The van der Waals surface area contributed by atoms with Gasteiger partial charge in [0.15, 0.2) is 0 Å². The highest BCUT2D eigenvalue weighted by atomic mass is 16.6. The third-order valence-corrected chi connectivity index (χ3v) is 2.75. The maximum Gasteiger partial charge on any atom is 0.292 e. The molecule has 0 aliphatic rings. The molecule has 0 atom stereocenters. The van der Waals surface area contributed by atoms with Crippen LogP contribution in [0.3, 0.4) is 0 Å². The fraction of sp³-hybridized carbons (Fsp3) is 0.333. The van der Waals surface area contributed by atoms with Crippen LogP contribution in [0.2, 0.25) is 0 Å². The number of hydrogen-bond acceptors (Lipinski definition) is 5. The Morgan fingerprint density at radius 3 is 2.40 bits per heavy atom. The minimum atomic E-state index is -1.19. The van der Waals surface area contributed by atoms with Gasteiger partial charge >= 0.3 is 0 Å². The second kappa shape index (κ2) is 5.55. The summed E-state index contributed by atoms with van der Waals surface area (Å²) in [6.45, 7) is 2.98. The van der Waals surface area contributed by atoms with Gasteiger partial charge in [-0.25, -0.2) is 0 Å². The molecule has 0 heterocycles. The standard InChI is InChI=1S/C12H16N4O4/c1-12(2,11(13)18)15-8-6-7(10(17)14-3)4-5-9(8)16(19)20/h4-6,15H,1-3H3,(H2,13,18)(H,14,17). The van der Waals surface area contributed by atoms with Gasteiger partial charge in [-0.1, -0.05) is 0 Å². The molecule has 0 bridgehead atoms. The monoisotopic (exact) mass is 280 g/mol.